The molecule has 3 unspecified atom stereocenters. The van der Waals surface area contributed by atoms with E-state index in [2.05, 4.69) is 34.3 Å². The summed E-state index contributed by atoms with van der Waals surface area (Å²) in [6, 6.07) is 0. The van der Waals surface area contributed by atoms with Crippen molar-refractivity contribution in [3.63, 3.8) is 0 Å². The quantitative estimate of drug-likeness (QED) is 0.564. The zero-order valence-corrected chi connectivity index (χ0v) is 11.1. The molecule has 1 nitrogen and oxygen atoms in total. The first kappa shape index (κ1) is 11.9. The van der Waals surface area contributed by atoms with E-state index in [-0.39, 0.29) is 5.41 Å². The first-order chi connectivity index (χ1) is 7.27. The van der Waals surface area contributed by atoms with Crippen LogP contribution < -0.4 is 0 Å². The predicted molar refractivity (Wildman–Crippen MR) is 67.2 cm³/mol. The van der Waals surface area contributed by atoms with E-state index in [9.17, 15) is 4.79 Å². The SMILES string of the molecule is C=C1C(=O)CC(C)C12CC(C)CC(C)(C)C2. The Morgan fingerprint density at radius 3 is 2.31 bits per heavy atom. The van der Waals surface area contributed by atoms with Gasteiger partial charge in [-0.15, -0.1) is 0 Å². The maximum atomic E-state index is 11.9. The zero-order chi connectivity index (χ0) is 12.1. The van der Waals surface area contributed by atoms with Crippen LogP contribution >= 0.6 is 0 Å². The molecule has 0 aromatic heterocycles. The second kappa shape index (κ2) is 3.45. The molecule has 0 aromatic rings. The number of allylic oxidation sites excluding steroid dienone is 1. The van der Waals surface area contributed by atoms with Gasteiger partial charge in [0, 0.05) is 11.8 Å². The van der Waals surface area contributed by atoms with Crippen LogP contribution in [-0.4, -0.2) is 5.78 Å². The van der Waals surface area contributed by atoms with E-state index >= 15 is 0 Å². The average molecular weight is 220 g/mol. The fraction of sp³-hybridized carbons (Fsp3) is 0.800. The molecule has 90 valence electrons. The number of rotatable bonds is 0. The number of Topliss-reactive ketones (excluding diaryl/α,β-unsaturated/α-hetero) is 1. The zero-order valence-electron chi connectivity index (χ0n) is 11.1. The first-order valence-corrected chi connectivity index (χ1v) is 6.49. The number of ketones is 1. The standard InChI is InChI=1S/C15H24O/c1-10-7-14(4,5)9-15(8-10)11(2)6-13(16)12(15)3/h10-11H,3,6-9H2,1-2,4-5H3. The fourth-order valence-corrected chi connectivity index (χ4v) is 4.41. The molecular weight excluding hydrogens is 196 g/mol. The summed E-state index contributed by atoms with van der Waals surface area (Å²) >= 11 is 0. The third-order valence-corrected chi connectivity index (χ3v) is 4.78. The molecule has 1 spiro atoms. The predicted octanol–water partition coefficient (Wildman–Crippen LogP) is 3.98. The molecule has 2 aliphatic carbocycles. The van der Waals surface area contributed by atoms with Gasteiger partial charge >= 0.3 is 0 Å². The molecule has 0 radical (unpaired) electrons. The second-order valence-electron chi connectivity index (χ2n) is 7.02. The largest absolute Gasteiger partial charge is 0.295 e. The molecule has 0 aromatic carbocycles. The van der Waals surface area contributed by atoms with E-state index in [1.54, 1.807) is 0 Å². The molecule has 2 rings (SSSR count). The van der Waals surface area contributed by atoms with Crippen molar-refractivity contribution >= 4 is 5.78 Å². The maximum Gasteiger partial charge on any atom is 0.159 e. The molecule has 0 N–H and O–H groups in total. The van der Waals surface area contributed by atoms with Gasteiger partial charge in [-0.05, 0) is 42.1 Å². The van der Waals surface area contributed by atoms with Crippen LogP contribution in [0, 0.1) is 22.7 Å². The Hall–Kier alpha value is -0.590. The van der Waals surface area contributed by atoms with Crippen LogP contribution in [0.15, 0.2) is 12.2 Å². The van der Waals surface area contributed by atoms with Gasteiger partial charge in [0.15, 0.2) is 5.78 Å². The summed E-state index contributed by atoms with van der Waals surface area (Å²) in [4.78, 5) is 11.9. The highest BCUT2D eigenvalue weighted by Crippen LogP contribution is 2.59. The third-order valence-electron chi connectivity index (χ3n) is 4.78. The minimum atomic E-state index is 0.123. The van der Waals surface area contributed by atoms with Gasteiger partial charge in [-0.1, -0.05) is 34.3 Å². The first-order valence-electron chi connectivity index (χ1n) is 6.49. The van der Waals surface area contributed by atoms with Crippen LogP contribution in [-0.2, 0) is 4.79 Å². The molecular formula is C15H24O. The number of carbonyl (C=O) groups is 1. The Morgan fingerprint density at radius 2 is 1.88 bits per heavy atom. The Morgan fingerprint density at radius 1 is 1.25 bits per heavy atom. The van der Waals surface area contributed by atoms with Crippen molar-refractivity contribution in [3.05, 3.63) is 12.2 Å². The molecule has 0 bridgehead atoms. The molecule has 0 saturated heterocycles. The normalized spacial score (nSPS) is 43.0. The van der Waals surface area contributed by atoms with E-state index < -0.39 is 0 Å². The van der Waals surface area contributed by atoms with Crippen LogP contribution in [0.3, 0.4) is 0 Å². The van der Waals surface area contributed by atoms with Crippen molar-refractivity contribution in [2.24, 2.45) is 22.7 Å². The summed E-state index contributed by atoms with van der Waals surface area (Å²) in [5.74, 6) is 1.53. The van der Waals surface area contributed by atoms with Crippen molar-refractivity contribution in [1.29, 1.82) is 0 Å². The summed E-state index contributed by atoms with van der Waals surface area (Å²) in [5, 5.41) is 0. The van der Waals surface area contributed by atoms with Crippen LogP contribution in [0.2, 0.25) is 0 Å². The van der Waals surface area contributed by atoms with Gasteiger partial charge in [0.1, 0.15) is 0 Å². The van der Waals surface area contributed by atoms with Crippen LogP contribution in [0.25, 0.3) is 0 Å². The molecule has 16 heavy (non-hydrogen) atoms. The number of carbonyl (C=O) groups excluding carboxylic acids is 1. The molecule has 3 atom stereocenters. The number of hydrogen-bond acceptors (Lipinski definition) is 1. The van der Waals surface area contributed by atoms with Gasteiger partial charge in [0.25, 0.3) is 0 Å². The van der Waals surface area contributed by atoms with Gasteiger partial charge in [0.2, 0.25) is 0 Å². The number of hydrogen-bond donors (Lipinski definition) is 0. The van der Waals surface area contributed by atoms with E-state index in [4.69, 9.17) is 0 Å². The van der Waals surface area contributed by atoms with Gasteiger partial charge < -0.3 is 0 Å². The Labute approximate surface area is 99.3 Å². The molecule has 2 fully saturated rings. The fourth-order valence-electron chi connectivity index (χ4n) is 4.41. The van der Waals surface area contributed by atoms with E-state index in [1.165, 1.54) is 12.8 Å². The van der Waals surface area contributed by atoms with E-state index in [1.807, 2.05) is 0 Å². The van der Waals surface area contributed by atoms with E-state index in [0.29, 0.717) is 23.0 Å². The summed E-state index contributed by atoms with van der Waals surface area (Å²) in [5.41, 5.74) is 1.41. The lowest BCUT2D eigenvalue weighted by Crippen LogP contribution is -2.39. The molecule has 2 saturated carbocycles. The summed E-state index contributed by atoms with van der Waals surface area (Å²) in [7, 11) is 0. The molecule has 2 aliphatic rings. The summed E-state index contributed by atoms with van der Waals surface area (Å²) in [6.07, 6.45) is 4.32. The topological polar surface area (TPSA) is 17.1 Å². The third kappa shape index (κ3) is 1.65. The van der Waals surface area contributed by atoms with Crippen molar-refractivity contribution in [2.75, 3.05) is 0 Å². The average Bonchev–Trinajstić information content (AvgIpc) is 2.28. The highest BCUT2D eigenvalue weighted by molar-refractivity contribution is 5.99. The lowest BCUT2D eigenvalue weighted by atomic mass is 9.56. The van der Waals surface area contributed by atoms with Gasteiger partial charge in [-0.25, -0.2) is 0 Å². The highest BCUT2D eigenvalue weighted by atomic mass is 16.1. The van der Waals surface area contributed by atoms with Crippen LogP contribution in [0.1, 0.15) is 53.4 Å². The molecule has 0 aliphatic heterocycles. The maximum absolute atomic E-state index is 11.9. The van der Waals surface area contributed by atoms with Crippen LogP contribution in [0.4, 0.5) is 0 Å². The van der Waals surface area contributed by atoms with Crippen LogP contribution in [0.5, 0.6) is 0 Å². The van der Waals surface area contributed by atoms with E-state index in [0.717, 1.165) is 18.4 Å². The Kier molecular flexibility index (Phi) is 2.56. The minimum Gasteiger partial charge on any atom is -0.295 e. The monoisotopic (exact) mass is 220 g/mol. The van der Waals surface area contributed by atoms with Crippen molar-refractivity contribution in [1.82, 2.24) is 0 Å². The molecule has 0 heterocycles. The second-order valence-corrected chi connectivity index (χ2v) is 7.02. The van der Waals surface area contributed by atoms with Crippen molar-refractivity contribution in [3.8, 4) is 0 Å². The summed E-state index contributed by atoms with van der Waals surface area (Å²) in [6.45, 7) is 13.4. The van der Waals surface area contributed by atoms with Crippen molar-refractivity contribution in [2.45, 2.75) is 53.4 Å². The van der Waals surface area contributed by atoms with Gasteiger partial charge in [0.05, 0.1) is 0 Å². The van der Waals surface area contributed by atoms with Gasteiger partial charge in [-0.3, -0.25) is 4.79 Å². The minimum absolute atomic E-state index is 0.123. The molecule has 1 heteroatoms. The highest BCUT2D eigenvalue weighted by Gasteiger charge is 2.53. The van der Waals surface area contributed by atoms with Crippen molar-refractivity contribution < 1.29 is 4.79 Å². The van der Waals surface area contributed by atoms with Gasteiger partial charge in [-0.2, -0.15) is 0 Å². The lowest BCUT2D eigenvalue weighted by Gasteiger charge is -2.48. The molecule has 0 amide bonds. The Bertz CT molecular complexity index is 339. The smallest absolute Gasteiger partial charge is 0.159 e. The summed E-state index contributed by atoms with van der Waals surface area (Å²) < 4.78 is 0. The lowest BCUT2D eigenvalue weighted by molar-refractivity contribution is -0.114. The Balaban J connectivity index is 2.37.